The van der Waals surface area contributed by atoms with Gasteiger partial charge in [0.2, 0.25) is 0 Å². The molecule has 0 aromatic heterocycles. The molecule has 6 heteroatoms. The molecule has 108 valence electrons. The van der Waals surface area contributed by atoms with E-state index in [0.29, 0.717) is 11.8 Å². The number of carbonyl (C=O) groups excluding carboxylic acids is 1. The van der Waals surface area contributed by atoms with Crippen LogP contribution >= 0.6 is 0 Å². The van der Waals surface area contributed by atoms with Gasteiger partial charge in [0, 0.05) is 0 Å². The number of carbonyl (C=O) groups is 1. The molecule has 0 aromatic carbocycles. The van der Waals surface area contributed by atoms with E-state index in [4.69, 9.17) is 9.29 Å². The second-order valence-corrected chi connectivity index (χ2v) is 7.98. The molecule has 4 bridgehead atoms. The van der Waals surface area contributed by atoms with Crippen LogP contribution in [0.4, 0.5) is 0 Å². The Labute approximate surface area is 113 Å². The number of esters is 1. The van der Waals surface area contributed by atoms with Crippen molar-refractivity contribution in [2.24, 2.45) is 29.6 Å². The summed E-state index contributed by atoms with van der Waals surface area (Å²) in [5.74, 6) is 1.68. The van der Waals surface area contributed by atoms with Crippen LogP contribution in [0, 0.1) is 29.6 Å². The average molecular weight is 288 g/mol. The Kier molecular flexibility index (Phi) is 3.33. The first-order valence-electron chi connectivity index (χ1n) is 7.04. The van der Waals surface area contributed by atoms with Crippen molar-refractivity contribution in [1.29, 1.82) is 0 Å². The van der Waals surface area contributed by atoms with Gasteiger partial charge in [0.25, 0.3) is 10.1 Å². The van der Waals surface area contributed by atoms with Crippen molar-refractivity contribution in [2.45, 2.75) is 32.1 Å². The summed E-state index contributed by atoms with van der Waals surface area (Å²) in [6.07, 6.45) is 5.85. The maximum Gasteiger partial charge on any atom is 0.309 e. The third-order valence-electron chi connectivity index (χ3n) is 5.08. The quantitative estimate of drug-likeness (QED) is 0.626. The first-order valence-corrected chi connectivity index (χ1v) is 8.65. The monoisotopic (exact) mass is 288 g/mol. The van der Waals surface area contributed by atoms with Crippen LogP contribution in [0.1, 0.15) is 32.1 Å². The standard InChI is InChI=1S/C13H20O5S/c14-13(18-1-2-19(15,16)17)12-10-4-8-3-9(6-10)7-11(12)5-8/h8-12H,1-7H2,(H,15,16,17). The summed E-state index contributed by atoms with van der Waals surface area (Å²) >= 11 is 0. The first-order chi connectivity index (χ1) is 8.92. The van der Waals surface area contributed by atoms with Gasteiger partial charge in [0.1, 0.15) is 12.4 Å². The zero-order valence-electron chi connectivity index (χ0n) is 10.8. The highest BCUT2D eigenvalue weighted by Gasteiger charge is 2.51. The molecule has 4 rings (SSSR count). The molecule has 5 nitrogen and oxygen atoms in total. The molecule has 0 atom stereocenters. The van der Waals surface area contributed by atoms with Crippen LogP contribution in [-0.4, -0.2) is 31.3 Å². The van der Waals surface area contributed by atoms with E-state index in [1.807, 2.05) is 0 Å². The van der Waals surface area contributed by atoms with E-state index in [1.54, 1.807) is 0 Å². The van der Waals surface area contributed by atoms with Crippen molar-refractivity contribution in [1.82, 2.24) is 0 Å². The number of hydrogen-bond donors (Lipinski definition) is 1. The minimum Gasteiger partial charge on any atom is -0.464 e. The Morgan fingerprint density at radius 1 is 1.05 bits per heavy atom. The maximum atomic E-state index is 12.1. The summed E-state index contributed by atoms with van der Waals surface area (Å²) in [6.45, 7) is -0.236. The number of ether oxygens (including phenoxy) is 1. The topological polar surface area (TPSA) is 80.7 Å². The molecular weight excluding hydrogens is 268 g/mol. The molecule has 0 unspecified atom stereocenters. The SMILES string of the molecule is O=C(OCCS(=O)(=O)O)C1C2CC3CC(C2)CC1C3. The minimum absolute atomic E-state index is 0.0332. The first kappa shape index (κ1) is 13.4. The van der Waals surface area contributed by atoms with Crippen LogP contribution in [0.25, 0.3) is 0 Å². The van der Waals surface area contributed by atoms with E-state index < -0.39 is 15.9 Å². The van der Waals surface area contributed by atoms with E-state index >= 15 is 0 Å². The third-order valence-corrected chi connectivity index (χ3v) is 5.77. The fourth-order valence-electron chi connectivity index (χ4n) is 4.65. The van der Waals surface area contributed by atoms with Crippen LogP contribution in [-0.2, 0) is 19.6 Å². The van der Waals surface area contributed by atoms with Crippen molar-refractivity contribution in [3.63, 3.8) is 0 Å². The van der Waals surface area contributed by atoms with Gasteiger partial charge in [0.15, 0.2) is 0 Å². The molecule has 4 saturated carbocycles. The average Bonchev–Trinajstić information content (AvgIpc) is 2.25. The van der Waals surface area contributed by atoms with Gasteiger partial charge in [-0.25, -0.2) is 0 Å². The van der Waals surface area contributed by atoms with Gasteiger partial charge in [-0.2, -0.15) is 8.42 Å². The van der Waals surface area contributed by atoms with E-state index in [-0.39, 0.29) is 18.5 Å². The zero-order valence-corrected chi connectivity index (χ0v) is 11.6. The molecule has 4 aliphatic carbocycles. The molecule has 0 amide bonds. The lowest BCUT2D eigenvalue weighted by Gasteiger charge is -2.53. The van der Waals surface area contributed by atoms with Gasteiger partial charge in [-0.3, -0.25) is 9.35 Å². The predicted molar refractivity (Wildman–Crippen MR) is 67.9 cm³/mol. The molecule has 0 aliphatic heterocycles. The van der Waals surface area contributed by atoms with Crippen LogP contribution in [0.15, 0.2) is 0 Å². The van der Waals surface area contributed by atoms with Crippen molar-refractivity contribution >= 4 is 16.1 Å². The van der Waals surface area contributed by atoms with Crippen LogP contribution in [0.5, 0.6) is 0 Å². The molecule has 0 spiro atoms. The highest BCUT2D eigenvalue weighted by atomic mass is 32.2. The summed E-state index contributed by atoms with van der Waals surface area (Å²) in [6, 6.07) is 0. The van der Waals surface area contributed by atoms with Gasteiger partial charge in [-0.05, 0) is 55.8 Å². The summed E-state index contributed by atoms with van der Waals surface area (Å²) in [5.41, 5.74) is 0. The Hall–Kier alpha value is -0.620. The van der Waals surface area contributed by atoms with Crippen LogP contribution in [0.3, 0.4) is 0 Å². The van der Waals surface area contributed by atoms with Crippen LogP contribution in [0.2, 0.25) is 0 Å². The van der Waals surface area contributed by atoms with E-state index in [9.17, 15) is 13.2 Å². The molecule has 19 heavy (non-hydrogen) atoms. The Morgan fingerprint density at radius 3 is 2.05 bits per heavy atom. The second-order valence-electron chi connectivity index (χ2n) is 6.41. The Morgan fingerprint density at radius 2 is 1.58 bits per heavy atom. The molecular formula is C13H20O5S. The van der Waals surface area contributed by atoms with E-state index in [0.717, 1.165) is 37.5 Å². The lowest BCUT2D eigenvalue weighted by molar-refractivity contribution is -0.161. The van der Waals surface area contributed by atoms with Gasteiger partial charge in [-0.1, -0.05) is 0 Å². The van der Waals surface area contributed by atoms with Gasteiger partial charge in [-0.15, -0.1) is 0 Å². The van der Waals surface area contributed by atoms with Crippen LogP contribution < -0.4 is 0 Å². The molecule has 0 aromatic rings. The third kappa shape index (κ3) is 2.79. The van der Waals surface area contributed by atoms with Crippen molar-refractivity contribution in [3.8, 4) is 0 Å². The lowest BCUT2D eigenvalue weighted by Crippen LogP contribution is -2.48. The fraction of sp³-hybridized carbons (Fsp3) is 0.923. The fourth-order valence-corrected chi connectivity index (χ4v) is 4.95. The van der Waals surface area contributed by atoms with Gasteiger partial charge >= 0.3 is 5.97 Å². The smallest absolute Gasteiger partial charge is 0.309 e. The normalized spacial score (nSPS) is 40.4. The molecule has 4 aliphatic rings. The molecule has 4 fully saturated rings. The summed E-state index contributed by atoms with van der Waals surface area (Å²) in [4.78, 5) is 12.1. The largest absolute Gasteiger partial charge is 0.464 e. The summed E-state index contributed by atoms with van der Waals surface area (Å²) in [5, 5.41) is 0. The van der Waals surface area contributed by atoms with Gasteiger partial charge < -0.3 is 4.74 Å². The van der Waals surface area contributed by atoms with E-state index in [1.165, 1.54) is 6.42 Å². The Balaban J connectivity index is 1.58. The minimum atomic E-state index is -4.05. The maximum absolute atomic E-state index is 12.1. The van der Waals surface area contributed by atoms with Crippen molar-refractivity contribution in [3.05, 3.63) is 0 Å². The lowest BCUT2D eigenvalue weighted by atomic mass is 9.52. The zero-order chi connectivity index (χ0) is 13.6. The molecule has 0 radical (unpaired) electrons. The van der Waals surface area contributed by atoms with Crippen molar-refractivity contribution in [2.75, 3.05) is 12.4 Å². The number of rotatable bonds is 4. The highest BCUT2D eigenvalue weighted by Crippen LogP contribution is 2.56. The highest BCUT2D eigenvalue weighted by molar-refractivity contribution is 7.85. The summed E-state index contributed by atoms with van der Waals surface area (Å²) < 4.78 is 34.9. The van der Waals surface area contributed by atoms with Gasteiger partial charge in [0.05, 0.1) is 5.92 Å². The molecule has 0 heterocycles. The summed E-state index contributed by atoms with van der Waals surface area (Å²) in [7, 11) is -4.05. The van der Waals surface area contributed by atoms with E-state index in [2.05, 4.69) is 0 Å². The molecule has 1 N–H and O–H groups in total. The number of hydrogen-bond acceptors (Lipinski definition) is 4. The predicted octanol–water partition coefficient (Wildman–Crippen LogP) is 1.49. The van der Waals surface area contributed by atoms with Crippen molar-refractivity contribution < 1.29 is 22.5 Å². The molecule has 0 saturated heterocycles. The second kappa shape index (κ2) is 4.74. The Bertz CT molecular complexity index is 441.